The van der Waals surface area contributed by atoms with E-state index in [9.17, 15) is 0 Å². The Balaban J connectivity index is 1.79. The molecular weight excluding hydrogens is 220 g/mol. The number of ether oxygens (including phenoxy) is 1. The van der Waals surface area contributed by atoms with Crippen LogP contribution in [0, 0.1) is 5.92 Å². The Morgan fingerprint density at radius 2 is 1.88 bits per heavy atom. The van der Waals surface area contributed by atoms with E-state index in [0.717, 1.165) is 24.7 Å². The molecular formula is C13H18O2S. The minimum absolute atomic E-state index is 0.130. The highest BCUT2D eigenvalue weighted by Gasteiger charge is 2.13. The van der Waals surface area contributed by atoms with Crippen molar-refractivity contribution in [2.24, 2.45) is 5.92 Å². The lowest BCUT2D eigenvalue weighted by atomic mass is 10.0. The Morgan fingerprint density at radius 3 is 2.50 bits per heavy atom. The molecule has 1 aromatic carbocycles. The van der Waals surface area contributed by atoms with Gasteiger partial charge in [0.15, 0.2) is 0 Å². The monoisotopic (exact) mass is 238 g/mol. The summed E-state index contributed by atoms with van der Waals surface area (Å²) in [5.74, 6) is 1.98. The molecule has 0 aromatic heterocycles. The predicted molar refractivity (Wildman–Crippen MR) is 66.6 cm³/mol. The summed E-state index contributed by atoms with van der Waals surface area (Å²) >= 11 is 1.91. The molecule has 1 aromatic rings. The van der Waals surface area contributed by atoms with Gasteiger partial charge in [0.05, 0.1) is 6.61 Å². The molecule has 0 saturated carbocycles. The average molecular weight is 238 g/mol. The number of hydrogen-bond donors (Lipinski definition) is 1. The number of aliphatic hydroxyl groups excluding tert-OH is 1. The molecule has 1 aliphatic rings. The molecule has 1 saturated heterocycles. The van der Waals surface area contributed by atoms with Crippen molar-refractivity contribution in [3.63, 3.8) is 0 Å². The summed E-state index contributed by atoms with van der Waals surface area (Å²) in [6.45, 7) is 1.98. The number of benzene rings is 1. The van der Waals surface area contributed by atoms with E-state index in [1.54, 1.807) is 0 Å². The zero-order valence-electron chi connectivity index (χ0n) is 9.39. The van der Waals surface area contributed by atoms with Crippen LogP contribution >= 0.6 is 11.8 Å². The molecule has 1 N–H and O–H groups in total. The minimum Gasteiger partial charge on any atom is -0.392 e. The van der Waals surface area contributed by atoms with Crippen LogP contribution in [0.1, 0.15) is 18.4 Å². The van der Waals surface area contributed by atoms with Crippen molar-refractivity contribution < 1.29 is 9.84 Å². The Morgan fingerprint density at radius 1 is 1.19 bits per heavy atom. The normalized spacial score (nSPS) is 17.6. The quantitative estimate of drug-likeness (QED) is 0.818. The molecule has 1 aliphatic heterocycles. The summed E-state index contributed by atoms with van der Waals surface area (Å²) in [5, 5.41) is 8.94. The predicted octanol–water partition coefficient (Wildman–Crippen LogP) is 2.70. The molecule has 0 bridgehead atoms. The van der Waals surface area contributed by atoms with E-state index >= 15 is 0 Å². The first kappa shape index (κ1) is 12.0. The van der Waals surface area contributed by atoms with Gasteiger partial charge in [-0.3, -0.25) is 0 Å². The van der Waals surface area contributed by atoms with Gasteiger partial charge in [-0.2, -0.15) is 0 Å². The van der Waals surface area contributed by atoms with Gasteiger partial charge < -0.3 is 9.84 Å². The van der Waals surface area contributed by atoms with Gasteiger partial charge in [-0.1, -0.05) is 12.1 Å². The van der Waals surface area contributed by atoms with Crippen LogP contribution in [0.15, 0.2) is 29.2 Å². The summed E-state index contributed by atoms with van der Waals surface area (Å²) in [6.07, 6.45) is 2.39. The van der Waals surface area contributed by atoms with Crippen molar-refractivity contribution in [1.29, 1.82) is 0 Å². The fourth-order valence-corrected chi connectivity index (χ4v) is 2.91. The third kappa shape index (κ3) is 3.51. The maximum absolute atomic E-state index is 8.94. The first-order valence-electron chi connectivity index (χ1n) is 5.79. The zero-order valence-corrected chi connectivity index (χ0v) is 10.2. The zero-order chi connectivity index (χ0) is 11.2. The van der Waals surface area contributed by atoms with E-state index in [1.807, 2.05) is 23.9 Å². The van der Waals surface area contributed by atoms with Crippen molar-refractivity contribution in [2.75, 3.05) is 19.0 Å². The first-order chi connectivity index (χ1) is 7.88. The molecule has 1 heterocycles. The first-order valence-corrected chi connectivity index (χ1v) is 6.77. The van der Waals surface area contributed by atoms with E-state index in [-0.39, 0.29) is 6.61 Å². The van der Waals surface area contributed by atoms with Gasteiger partial charge in [0.1, 0.15) is 0 Å². The third-order valence-electron chi connectivity index (χ3n) is 2.93. The van der Waals surface area contributed by atoms with Crippen LogP contribution in [0.2, 0.25) is 0 Å². The van der Waals surface area contributed by atoms with E-state index in [0.29, 0.717) is 0 Å². The maximum Gasteiger partial charge on any atom is 0.0681 e. The largest absolute Gasteiger partial charge is 0.392 e. The lowest BCUT2D eigenvalue weighted by molar-refractivity contribution is 0.0728. The highest BCUT2D eigenvalue weighted by molar-refractivity contribution is 7.99. The van der Waals surface area contributed by atoms with E-state index in [2.05, 4.69) is 12.1 Å². The fourth-order valence-electron chi connectivity index (χ4n) is 1.82. The van der Waals surface area contributed by atoms with E-state index < -0.39 is 0 Å². The molecule has 1 fully saturated rings. The molecule has 0 amide bonds. The lowest BCUT2D eigenvalue weighted by Crippen LogP contribution is -2.17. The second-order valence-corrected chi connectivity index (χ2v) is 5.26. The highest BCUT2D eigenvalue weighted by atomic mass is 32.2. The Kier molecular flexibility index (Phi) is 4.69. The molecule has 0 radical (unpaired) electrons. The fraction of sp³-hybridized carbons (Fsp3) is 0.538. The summed E-state index contributed by atoms with van der Waals surface area (Å²) in [6, 6.07) is 8.17. The van der Waals surface area contributed by atoms with Crippen LogP contribution in [-0.2, 0) is 11.3 Å². The molecule has 2 nitrogen and oxygen atoms in total. The van der Waals surface area contributed by atoms with Crippen molar-refractivity contribution >= 4 is 11.8 Å². The van der Waals surface area contributed by atoms with Gasteiger partial charge in [-0.25, -0.2) is 0 Å². The van der Waals surface area contributed by atoms with Crippen LogP contribution in [-0.4, -0.2) is 24.1 Å². The third-order valence-corrected chi connectivity index (χ3v) is 4.18. The van der Waals surface area contributed by atoms with E-state index in [1.165, 1.54) is 23.5 Å². The smallest absolute Gasteiger partial charge is 0.0681 e. The summed E-state index contributed by atoms with van der Waals surface area (Å²) < 4.78 is 5.34. The maximum atomic E-state index is 8.94. The Hall–Kier alpha value is -0.510. The Bertz CT molecular complexity index is 304. The molecule has 88 valence electrons. The summed E-state index contributed by atoms with van der Waals surface area (Å²) in [4.78, 5) is 1.30. The molecule has 0 atom stereocenters. The van der Waals surface area contributed by atoms with Gasteiger partial charge in [-0.05, 0) is 36.5 Å². The van der Waals surface area contributed by atoms with Crippen molar-refractivity contribution in [2.45, 2.75) is 24.3 Å². The SMILES string of the molecule is OCc1ccc(SCC2CCOCC2)cc1. The summed E-state index contributed by atoms with van der Waals surface area (Å²) in [5.41, 5.74) is 0.982. The van der Waals surface area contributed by atoms with Crippen LogP contribution in [0.25, 0.3) is 0 Å². The molecule has 0 aliphatic carbocycles. The van der Waals surface area contributed by atoms with Gasteiger partial charge in [0, 0.05) is 23.9 Å². The van der Waals surface area contributed by atoms with Gasteiger partial charge in [-0.15, -0.1) is 11.8 Å². The lowest BCUT2D eigenvalue weighted by Gasteiger charge is -2.21. The van der Waals surface area contributed by atoms with Crippen molar-refractivity contribution in [3.8, 4) is 0 Å². The minimum atomic E-state index is 0.130. The number of thioether (sulfide) groups is 1. The molecule has 0 spiro atoms. The number of aliphatic hydroxyl groups is 1. The van der Waals surface area contributed by atoms with Crippen LogP contribution in [0.3, 0.4) is 0 Å². The van der Waals surface area contributed by atoms with Gasteiger partial charge >= 0.3 is 0 Å². The van der Waals surface area contributed by atoms with Crippen molar-refractivity contribution in [3.05, 3.63) is 29.8 Å². The van der Waals surface area contributed by atoms with Crippen molar-refractivity contribution in [1.82, 2.24) is 0 Å². The van der Waals surface area contributed by atoms with Crippen LogP contribution in [0.4, 0.5) is 0 Å². The van der Waals surface area contributed by atoms with Gasteiger partial charge in [0.2, 0.25) is 0 Å². The second kappa shape index (κ2) is 6.28. The number of hydrogen-bond acceptors (Lipinski definition) is 3. The second-order valence-electron chi connectivity index (χ2n) is 4.17. The summed E-state index contributed by atoms with van der Waals surface area (Å²) in [7, 11) is 0. The molecule has 2 rings (SSSR count). The average Bonchev–Trinajstić information content (AvgIpc) is 2.38. The van der Waals surface area contributed by atoms with Gasteiger partial charge in [0.25, 0.3) is 0 Å². The topological polar surface area (TPSA) is 29.5 Å². The highest BCUT2D eigenvalue weighted by Crippen LogP contribution is 2.25. The molecule has 16 heavy (non-hydrogen) atoms. The standard InChI is InChI=1S/C13H18O2S/c14-9-11-1-3-13(4-2-11)16-10-12-5-7-15-8-6-12/h1-4,12,14H,5-10H2. The molecule has 3 heteroatoms. The Labute approximate surface area is 101 Å². The molecule has 0 unspecified atom stereocenters. The van der Waals surface area contributed by atoms with Crippen LogP contribution < -0.4 is 0 Å². The van der Waals surface area contributed by atoms with Crippen LogP contribution in [0.5, 0.6) is 0 Å². The van der Waals surface area contributed by atoms with E-state index in [4.69, 9.17) is 9.84 Å². The number of rotatable bonds is 4.